The number of benzene rings is 1. The summed E-state index contributed by atoms with van der Waals surface area (Å²) < 4.78 is 10.5. The molecule has 0 radical (unpaired) electrons. The number of nitrogens with zero attached hydrogens (tertiary/aromatic N) is 1. The number of amides is 3. The first-order chi connectivity index (χ1) is 13.9. The van der Waals surface area contributed by atoms with Gasteiger partial charge in [0.05, 0.1) is 19.0 Å². The molecule has 0 atom stereocenters. The molecule has 0 saturated carbocycles. The number of carbonyl (C=O) groups excluding carboxylic acids is 3. The van der Waals surface area contributed by atoms with Gasteiger partial charge in [-0.05, 0) is 55.8 Å². The lowest BCUT2D eigenvalue weighted by atomic mass is 10.2. The van der Waals surface area contributed by atoms with Gasteiger partial charge in [-0.1, -0.05) is 0 Å². The predicted octanol–water partition coefficient (Wildman–Crippen LogP) is 1.34. The minimum Gasteiger partial charge on any atom is -0.484 e. The van der Waals surface area contributed by atoms with Crippen LogP contribution < -0.4 is 20.8 Å². The number of furan rings is 1. The maximum Gasteiger partial charge on any atom is 0.258 e. The molecule has 2 aromatic rings. The Hall–Kier alpha value is -3.62. The summed E-state index contributed by atoms with van der Waals surface area (Å²) >= 11 is 0. The second kappa shape index (κ2) is 11.3. The van der Waals surface area contributed by atoms with Crippen LogP contribution in [0.5, 0.6) is 5.75 Å². The number of ether oxygens (including phenoxy) is 1. The first-order valence-corrected chi connectivity index (χ1v) is 9.05. The van der Waals surface area contributed by atoms with Gasteiger partial charge < -0.3 is 19.8 Å². The fourth-order valence-electron chi connectivity index (χ4n) is 2.19. The Labute approximate surface area is 168 Å². The van der Waals surface area contributed by atoms with Crippen molar-refractivity contribution in [1.29, 1.82) is 0 Å². The highest BCUT2D eigenvalue weighted by Crippen LogP contribution is 2.11. The van der Waals surface area contributed by atoms with Crippen LogP contribution in [-0.4, -0.2) is 36.6 Å². The maximum absolute atomic E-state index is 11.8. The lowest BCUT2D eigenvalue weighted by Gasteiger charge is -2.07. The maximum atomic E-state index is 11.8. The SMILES string of the molecule is CC(C)NC(=O)CC(=O)N/N=C/c1ccc(OCC(=O)NCc2ccco2)cc1. The summed E-state index contributed by atoms with van der Waals surface area (Å²) in [5, 5.41) is 9.11. The summed E-state index contributed by atoms with van der Waals surface area (Å²) in [4.78, 5) is 34.8. The van der Waals surface area contributed by atoms with Gasteiger partial charge in [0.2, 0.25) is 11.8 Å². The van der Waals surface area contributed by atoms with Crippen LogP contribution >= 0.6 is 0 Å². The van der Waals surface area contributed by atoms with Crippen LogP contribution in [0.15, 0.2) is 52.2 Å². The van der Waals surface area contributed by atoms with Crippen LogP contribution in [0.4, 0.5) is 0 Å². The lowest BCUT2D eigenvalue weighted by molar-refractivity contribution is -0.129. The fraction of sp³-hybridized carbons (Fsp3) is 0.300. The minimum atomic E-state index is -0.500. The third kappa shape index (κ3) is 8.74. The molecule has 0 spiro atoms. The van der Waals surface area contributed by atoms with Crippen LogP contribution in [0.3, 0.4) is 0 Å². The highest BCUT2D eigenvalue weighted by atomic mass is 16.5. The van der Waals surface area contributed by atoms with Crippen molar-refractivity contribution in [2.24, 2.45) is 5.10 Å². The van der Waals surface area contributed by atoms with E-state index in [9.17, 15) is 14.4 Å². The molecule has 0 bridgehead atoms. The minimum absolute atomic E-state index is 0.0263. The molecule has 0 saturated heterocycles. The standard InChI is InChI=1S/C20H24N4O5/c1-14(2)23-18(25)10-19(26)24-22-11-15-5-7-16(8-6-15)29-13-20(27)21-12-17-4-3-9-28-17/h3-9,11,14H,10,12-13H2,1-2H3,(H,21,27)(H,23,25)(H,24,26)/b22-11+. The molecule has 2 rings (SSSR count). The second-order valence-electron chi connectivity index (χ2n) is 6.41. The molecule has 0 aliphatic heterocycles. The lowest BCUT2D eigenvalue weighted by Crippen LogP contribution is -2.34. The molecule has 0 aliphatic rings. The first-order valence-electron chi connectivity index (χ1n) is 9.05. The van der Waals surface area contributed by atoms with E-state index in [4.69, 9.17) is 9.15 Å². The zero-order valence-electron chi connectivity index (χ0n) is 16.3. The third-order valence-corrected chi connectivity index (χ3v) is 3.46. The van der Waals surface area contributed by atoms with Crippen LogP contribution in [0.25, 0.3) is 0 Å². The van der Waals surface area contributed by atoms with Crippen molar-refractivity contribution >= 4 is 23.9 Å². The van der Waals surface area contributed by atoms with Gasteiger partial charge >= 0.3 is 0 Å². The number of hydrogen-bond donors (Lipinski definition) is 3. The summed E-state index contributed by atoms with van der Waals surface area (Å²) in [7, 11) is 0. The summed E-state index contributed by atoms with van der Waals surface area (Å²) in [6.45, 7) is 3.81. The quantitative estimate of drug-likeness (QED) is 0.316. The van der Waals surface area contributed by atoms with E-state index in [0.717, 1.165) is 0 Å². The van der Waals surface area contributed by atoms with E-state index in [1.807, 2.05) is 13.8 Å². The zero-order valence-corrected chi connectivity index (χ0v) is 16.3. The second-order valence-corrected chi connectivity index (χ2v) is 6.41. The molecule has 3 amide bonds. The molecule has 154 valence electrons. The summed E-state index contributed by atoms with van der Waals surface area (Å²) in [6.07, 6.45) is 2.69. The van der Waals surface area contributed by atoms with Crippen molar-refractivity contribution in [2.75, 3.05) is 6.61 Å². The van der Waals surface area contributed by atoms with Crippen molar-refractivity contribution in [1.82, 2.24) is 16.1 Å². The molecule has 9 heteroatoms. The number of hydrogen-bond acceptors (Lipinski definition) is 6. The highest BCUT2D eigenvalue weighted by molar-refractivity contribution is 5.97. The fourth-order valence-corrected chi connectivity index (χ4v) is 2.19. The molecule has 1 heterocycles. The van der Waals surface area contributed by atoms with E-state index in [1.54, 1.807) is 36.4 Å². The smallest absolute Gasteiger partial charge is 0.258 e. The van der Waals surface area contributed by atoms with Gasteiger partial charge in [-0.15, -0.1) is 0 Å². The third-order valence-electron chi connectivity index (χ3n) is 3.46. The number of nitrogens with one attached hydrogen (secondary N) is 3. The Bertz CT molecular complexity index is 829. The Morgan fingerprint density at radius 2 is 1.86 bits per heavy atom. The van der Waals surface area contributed by atoms with Crippen LogP contribution in [0.1, 0.15) is 31.6 Å². The van der Waals surface area contributed by atoms with Gasteiger partial charge in [0.15, 0.2) is 6.61 Å². The Kier molecular flexibility index (Phi) is 8.43. The average molecular weight is 400 g/mol. The summed E-state index contributed by atoms with van der Waals surface area (Å²) in [5.74, 6) is 0.0536. The van der Waals surface area contributed by atoms with Crippen molar-refractivity contribution in [3.8, 4) is 5.75 Å². The molecule has 29 heavy (non-hydrogen) atoms. The largest absolute Gasteiger partial charge is 0.484 e. The average Bonchev–Trinajstić information content (AvgIpc) is 3.18. The summed E-state index contributed by atoms with van der Waals surface area (Å²) in [5.41, 5.74) is 3.01. The molecule has 0 fully saturated rings. The van der Waals surface area contributed by atoms with Gasteiger partial charge in [-0.25, -0.2) is 5.43 Å². The van der Waals surface area contributed by atoms with Crippen LogP contribution in [0, 0.1) is 0 Å². The Morgan fingerprint density at radius 1 is 1.10 bits per heavy atom. The molecule has 3 N–H and O–H groups in total. The van der Waals surface area contributed by atoms with Gasteiger partial charge in [-0.3, -0.25) is 14.4 Å². The molecule has 1 aromatic carbocycles. The molecule has 0 unspecified atom stereocenters. The molecule has 0 aliphatic carbocycles. The molecule has 1 aromatic heterocycles. The van der Waals surface area contributed by atoms with Crippen LogP contribution in [0.2, 0.25) is 0 Å². The van der Waals surface area contributed by atoms with Gasteiger partial charge in [0, 0.05) is 6.04 Å². The summed E-state index contributed by atoms with van der Waals surface area (Å²) in [6, 6.07) is 10.3. The van der Waals surface area contributed by atoms with Crippen molar-refractivity contribution < 1.29 is 23.5 Å². The topological polar surface area (TPSA) is 122 Å². The highest BCUT2D eigenvalue weighted by Gasteiger charge is 2.09. The van der Waals surface area contributed by atoms with E-state index >= 15 is 0 Å². The van der Waals surface area contributed by atoms with E-state index in [2.05, 4.69) is 21.2 Å². The normalized spacial score (nSPS) is 10.7. The monoisotopic (exact) mass is 400 g/mol. The predicted molar refractivity (Wildman–Crippen MR) is 106 cm³/mol. The van der Waals surface area contributed by atoms with Gasteiger partial charge in [0.25, 0.3) is 5.91 Å². The zero-order chi connectivity index (χ0) is 21.1. The Morgan fingerprint density at radius 3 is 2.52 bits per heavy atom. The molecular formula is C20H24N4O5. The number of hydrazone groups is 1. The van der Waals surface area contributed by atoms with Crippen molar-refractivity contribution in [3.05, 3.63) is 54.0 Å². The molecule has 9 nitrogen and oxygen atoms in total. The first kappa shape index (κ1) is 21.7. The van der Waals surface area contributed by atoms with Crippen molar-refractivity contribution in [3.63, 3.8) is 0 Å². The van der Waals surface area contributed by atoms with Crippen LogP contribution in [-0.2, 0) is 20.9 Å². The van der Waals surface area contributed by atoms with E-state index in [1.165, 1.54) is 12.5 Å². The van der Waals surface area contributed by atoms with E-state index in [0.29, 0.717) is 23.6 Å². The number of carbonyl (C=O) groups is 3. The molecular weight excluding hydrogens is 376 g/mol. The van der Waals surface area contributed by atoms with E-state index < -0.39 is 5.91 Å². The Balaban J connectivity index is 1.69. The van der Waals surface area contributed by atoms with Gasteiger partial charge in [-0.2, -0.15) is 5.10 Å². The number of rotatable bonds is 10. The van der Waals surface area contributed by atoms with Crippen molar-refractivity contribution in [2.45, 2.75) is 32.9 Å². The van der Waals surface area contributed by atoms with E-state index in [-0.39, 0.29) is 30.9 Å². The van der Waals surface area contributed by atoms with Gasteiger partial charge in [0.1, 0.15) is 17.9 Å².